The van der Waals surface area contributed by atoms with Gasteiger partial charge in [-0.15, -0.1) is 0 Å². The summed E-state index contributed by atoms with van der Waals surface area (Å²) in [6.45, 7) is 3.84. The fraction of sp³-hybridized carbons (Fsp3) is 0.471. The molecule has 0 saturated carbocycles. The fourth-order valence-corrected chi connectivity index (χ4v) is 3.43. The lowest BCUT2D eigenvalue weighted by molar-refractivity contribution is -1.01. The molecule has 0 bridgehead atoms. The first kappa shape index (κ1) is 16.6. The third kappa shape index (κ3) is 3.05. The van der Waals surface area contributed by atoms with Crippen LogP contribution in [0.15, 0.2) is 24.3 Å². The van der Waals surface area contributed by atoms with Crippen molar-refractivity contribution >= 4 is 23.5 Å². The highest BCUT2D eigenvalue weighted by molar-refractivity contribution is 6.21. The Morgan fingerprint density at radius 2 is 1.75 bits per heavy atom. The standard InChI is InChI=1S/C17H21N3O4/c1-18-7-9-19(10-8-18)14-11-15(21)20(16(14)22)13-5-3-12(4-6-13)17(23)24-2/h3-6,14H,7-11H2,1-2H3/p+2. The number of nitrogens with one attached hydrogen (secondary N) is 2. The van der Waals surface area contributed by atoms with Gasteiger partial charge in [0.1, 0.15) is 26.2 Å². The number of hydrogen-bond acceptors (Lipinski definition) is 4. The summed E-state index contributed by atoms with van der Waals surface area (Å²) in [5, 5.41) is 0. The zero-order valence-corrected chi connectivity index (χ0v) is 14.0. The Morgan fingerprint density at radius 1 is 1.12 bits per heavy atom. The van der Waals surface area contributed by atoms with Gasteiger partial charge >= 0.3 is 5.97 Å². The highest BCUT2D eigenvalue weighted by atomic mass is 16.5. The molecule has 7 heteroatoms. The lowest BCUT2D eigenvalue weighted by Crippen LogP contribution is -3.29. The highest BCUT2D eigenvalue weighted by Gasteiger charge is 2.46. The number of rotatable bonds is 3. The van der Waals surface area contributed by atoms with E-state index in [1.54, 1.807) is 24.3 Å². The third-order valence-electron chi connectivity index (χ3n) is 4.93. The molecule has 0 aliphatic carbocycles. The minimum atomic E-state index is -0.442. The lowest BCUT2D eigenvalue weighted by atomic mass is 10.1. The summed E-state index contributed by atoms with van der Waals surface area (Å²) in [7, 11) is 3.46. The Bertz CT molecular complexity index is 650. The SMILES string of the molecule is COC(=O)c1ccc(N2C(=O)CC([NH+]3CC[NH+](C)CC3)C2=O)cc1. The fourth-order valence-electron chi connectivity index (χ4n) is 3.43. The van der Waals surface area contributed by atoms with Crippen LogP contribution in [0.5, 0.6) is 0 Å². The van der Waals surface area contributed by atoms with E-state index >= 15 is 0 Å². The number of imide groups is 1. The number of ether oxygens (including phenoxy) is 1. The minimum absolute atomic E-state index is 0.139. The van der Waals surface area contributed by atoms with E-state index in [4.69, 9.17) is 0 Å². The first-order valence-electron chi connectivity index (χ1n) is 8.22. The van der Waals surface area contributed by atoms with Crippen LogP contribution in [0.1, 0.15) is 16.8 Å². The van der Waals surface area contributed by atoms with E-state index in [0.29, 0.717) is 11.3 Å². The van der Waals surface area contributed by atoms with Gasteiger partial charge in [0.2, 0.25) is 5.91 Å². The zero-order valence-electron chi connectivity index (χ0n) is 14.0. The van der Waals surface area contributed by atoms with Crippen molar-refractivity contribution in [1.29, 1.82) is 0 Å². The van der Waals surface area contributed by atoms with Crippen LogP contribution in [0.2, 0.25) is 0 Å². The smallest absolute Gasteiger partial charge is 0.337 e. The van der Waals surface area contributed by atoms with Crippen LogP contribution in [0.25, 0.3) is 0 Å². The van der Waals surface area contributed by atoms with Gasteiger partial charge in [0.05, 0.1) is 31.8 Å². The van der Waals surface area contributed by atoms with E-state index in [1.165, 1.54) is 21.8 Å². The number of carbonyl (C=O) groups excluding carboxylic acids is 3. The van der Waals surface area contributed by atoms with Crippen molar-refractivity contribution in [2.45, 2.75) is 12.5 Å². The largest absolute Gasteiger partial charge is 0.465 e. The van der Waals surface area contributed by atoms with Crippen molar-refractivity contribution in [1.82, 2.24) is 0 Å². The summed E-state index contributed by atoms with van der Waals surface area (Å²) < 4.78 is 4.66. The van der Waals surface area contributed by atoms with Crippen molar-refractivity contribution in [3.8, 4) is 0 Å². The maximum atomic E-state index is 12.8. The van der Waals surface area contributed by atoms with Gasteiger partial charge in [-0.3, -0.25) is 9.59 Å². The van der Waals surface area contributed by atoms with Crippen LogP contribution in [-0.4, -0.2) is 64.2 Å². The van der Waals surface area contributed by atoms with E-state index in [0.717, 1.165) is 26.2 Å². The van der Waals surface area contributed by atoms with E-state index in [2.05, 4.69) is 11.8 Å². The average molecular weight is 333 g/mol. The number of esters is 1. The number of likely N-dealkylation sites (N-methyl/N-ethyl adjacent to an activating group) is 1. The molecule has 0 spiro atoms. The molecule has 2 fully saturated rings. The predicted molar refractivity (Wildman–Crippen MR) is 86.0 cm³/mol. The van der Waals surface area contributed by atoms with Crippen molar-refractivity contribution in [2.75, 3.05) is 45.2 Å². The molecule has 1 aromatic rings. The molecule has 2 saturated heterocycles. The number of anilines is 1. The normalized spacial score (nSPS) is 27.4. The zero-order chi connectivity index (χ0) is 17.3. The number of quaternary nitrogens is 2. The number of piperazine rings is 1. The Hall–Kier alpha value is -2.25. The van der Waals surface area contributed by atoms with E-state index in [-0.39, 0.29) is 24.3 Å². The number of carbonyl (C=O) groups is 3. The molecule has 1 unspecified atom stereocenters. The summed E-state index contributed by atoms with van der Waals surface area (Å²) >= 11 is 0. The lowest BCUT2D eigenvalue weighted by Gasteiger charge is -2.30. The number of nitrogens with zero attached hydrogens (tertiary/aromatic N) is 1. The molecule has 1 aromatic carbocycles. The molecule has 128 valence electrons. The van der Waals surface area contributed by atoms with Gasteiger partial charge in [-0.2, -0.15) is 0 Å². The quantitative estimate of drug-likeness (QED) is 0.475. The maximum absolute atomic E-state index is 12.8. The Morgan fingerprint density at radius 3 is 2.33 bits per heavy atom. The topological polar surface area (TPSA) is 72.6 Å². The minimum Gasteiger partial charge on any atom is -0.465 e. The summed E-state index contributed by atoms with van der Waals surface area (Å²) in [4.78, 5) is 40.5. The Labute approximate surface area is 140 Å². The van der Waals surface area contributed by atoms with Crippen LogP contribution < -0.4 is 14.7 Å². The van der Waals surface area contributed by atoms with Gasteiger partial charge in [-0.05, 0) is 24.3 Å². The highest BCUT2D eigenvalue weighted by Crippen LogP contribution is 2.22. The summed E-state index contributed by atoms with van der Waals surface area (Å²) in [5.41, 5.74) is 0.906. The molecule has 1 atom stereocenters. The van der Waals surface area contributed by atoms with Gasteiger partial charge in [-0.1, -0.05) is 0 Å². The van der Waals surface area contributed by atoms with Crippen molar-refractivity contribution in [3.05, 3.63) is 29.8 Å². The van der Waals surface area contributed by atoms with Gasteiger partial charge in [0, 0.05) is 0 Å². The molecule has 3 rings (SSSR count). The molecular weight excluding hydrogens is 310 g/mol. The molecule has 7 nitrogen and oxygen atoms in total. The number of amides is 2. The molecule has 24 heavy (non-hydrogen) atoms. The first-order chi connectivity index (χ1) is 11.5. The van der Waals surface area contributed by atoms with Crippen molar-refractivity contribution in [3.63, 3.8) is 0 Å². The van der Waals surface area contributed by atoms with Gasteiger partial charge < -0.3 is 14.5 Å². The van der Waals surface area contributed by atoms with Gasteiger partial charge in [-0.25, -0.2) is 9.69 Å². The second-order valence-electron chi connectivity index (χ2n) is 6.48. The number of methoxy groups -OCH3 is 1. The maximum Gasteiger partial charge on any atom is 0.337 e. The molecule has 2 aliphatic heterocycles. The first-order valence-corrected chi connectivity index (χ1v) is 8.22. The predicted octanol–water partition coefficient (Wildman–Crippen LogP) is -2.48. The molecule has 0 aromatic heterocycles. The average Bonchev–Trinajstić information content (AvgIpc) is 2.89. The molecular formula is C17H23N3O4+2. The van der Waals surface area contributed by atoms with Gasteiger partial charge in [0.25, 0.3) is 5.91 Å². The molecule has 2 amide bonds. The van der Waals surface area contributed by atoms with Crippen molar-refractivity contribution < 1.29 is 28.9 Å². The molecule has 2 heterocycles. The van der Waals surface area contributed by atoms with E-state index < -0.39 is 5.97 Å². The Balaban J connectivity index is 1.75. The van der Waals surface area contributed by atoms with Crippen LogP contribution in [0, 0.1) is 0 Å². The molecule has 0 radical (unpaired) electrons. The summed E-state index contributed by atoms with van der Waals surface area (Å²) in [6, 6.07) is 6.09. The van der Waals surface area contributed by atoms with E-state index in [9.17, 15) is 14.4 Å². The molecule has 2 N–H and O–H groups in total. The third-order valence-corrected chi connectivity index (χ3v) is 4.93. The summed E-state index contributed by atoms with van der Waals surface area (Å²) in [6.07, 6.45) is 0.256. The Kier molecular flexibility index (Phi) is 4.64. The van der Waals surface area contributed by atoms with Crippen LogP contribution in [0.4, 0.5) is 5.69 Å². The van der Waals surface area contributed by atoms with Crippen LogP contribution >= 0.6 is 0 Å². The second-order valence-corrected chi connectivity index (χ2v) is 6.48. The number of benzene rings is 1. The van der Waals surface area contributed by atoms with Crippen LogP contribution in [-0.2, 0) is 14.3 Å². The van der Waals surface area contributed by atoms with E-state index in [1.807, 2.05) is 0 Å². The summed E-state index contributed by atoms with van der Waals surface area (Å²) in [5.74, 6) is -0.752. The monoisotopic (exact) mass is 333 g/mol. The van der Waals surface area contributed by atoms with Gasteiger partial charge in [0.15, 0.2) is 6.04 Å². The van der Waals surface area contributed by atoms with Crippen molar-refractivity contribution in [2.24, 2.45) is 0 Å². The second kappa shape index (κ2) is 6.70. The van der Waals surface area contributed by atoms with Crippen LogP contribution in [0.3, 0.4) is 0 Å². The molecule has 2 aliphatic rings. The number of hydrogen-bond donors (Lipinski definition) is 2.